The zero-order valence-corrected chi connectivity index (χ0v) is 17.1. The Labute approximate surface area is 203 Å². The number of rotatable bonds is 2. The third-order valence-corrected chi connectivity index (χ3v) is 2.72. The molecule has 0 aromatic carbocycles. The molecule has 0 aliphatic heterocycles. The van der Waals surface area contributed by atoms with Crippen molar-refractivity contribution in [1.82, 2.24) is 15.0 Å². The summed E-state index contributed by atoms with van der Waals surface area (Å²) in [6, 6.07) is 11.9. The van der Waals surface area contributed by atoms with Crippen LogP contribution in [0.5, 0.6) is 0 Å². The van der Waals surface area contributed by atoms with Crippen molar-refractivity contribution < 1.29 is 53.4 Å². The molecule has 3 rings (SSSR count). The van der Waals surface area contributed by atoms with Crippen molar-refractivity contribution in [3.63, 3.8) is 0 Å². The van der Waals surface area contributed by atoms with Crippen LogP contribution in [0, 0.1) is 84.1 Å². The fraction of sp³-hybridized carbons (Fsp3) is 0. The molecule has 0 saturated heterocycles. The van der Waals surface area contributed by atoms with Crippen molar-refractivity contribution >= 4 is 0 Å². The maximum absolute atomic E-state index is 8.25. The van der Waals surface area contributed by atoms with E-state index in [9.17, 15) is 0 Å². The largest absolute Gasteiger partial charge is 3.00 e. The van der Waals surface area contributed by atoms with Gasteiger partial charge in [0.15, 0.2) is 0 Å². The Kier molecular flexibility index (Phi) is 16.4. The van der Waals surface area contributed by atoms with E-state index < -0.39 is 15.3 Å². The van der Waals surface area contributed by atoms with E-state index >= 15 is 0 Å². The first-order chi connectivity index (χ1) is 14.1. The van der Waals surface area contributed by atoms with Gasteiger partial charge in [0.2, 0.25) is 0 Å². The topological polar surface area (TPSA) is 237 Å². The van der Waals surface area contributed by atoms with Crippen LogP contribution in [0.2, 0.25) is 0 Å². The van der Waals surface area contributed by atoms with Crippen molar-refractivity contribution in [1.29, 1.82) is 0 Å². The molecule has 3 aromatic rings. The second kappa shape index (κ2) is 17.2. The van der Waals surface area contributed by atoms with Gasteiger partial charge in [-0.2, -0.15) is 0 Å². The van der Waals surface area contributed by atoms with Gasteiger partial charge in [-0.3, -0.25) is 15.0 Å². The monoisotopic (exact) mass is 583 g/mol. The molecule has 3 aromatic heterocycles. The quantitative estimate of drug-likeness (QED) is 0.313. The normalized spacial score (nSPS) is 8.26. The smallest absolute Gasteiger partial charge is 0.356 e. The minimum Gasteiger partial charge on any atom is -0.356 e. The third kappa shape index (κ3) is 15.9. The van der Waals surface area contributed by atoms with Gasteiger partial charge in [-0.25, -0.2) is 0 Å². The minimum absolute atomic E-state index is 0. The Bertz CT molecular complexity index is 835. The average molecular weight is 582 g/mol. The van der Waals surface area contributed by atoms with Crippen LogP contribution in [0.3, 0.4) is 0 Å². The van der Waals surface area contributed by atoms with Crippen molar-refractivity contribution in [3.8, 4) is 22.4 Å². The van der Waals surface area contributed by atoms with E-state index in [0.29, 0.717) is 0 Å². The third-order valence-electron chi connectivity index (χ3n) is 2.72. The molecule has 0 fully saturated rings. The summed E-state index contributed by atoms with van der Waals surface area (Å²) in [6.07, 6.45) is 8.99. The van der Waals surface area contributed by atoms with Crippen LogP contribution < -0.4 is 0 Å². The van der Waals surface area contributed by atoms with Crippen LogP contribution in [0.25, 0.3) is 22.4 Å². The predicted octanol–water partition coefficient (Wildman–Crippen LogP) is 2.49. The maximum atomic E-state index is 8.25. The van der Waals surface area contributed by atoms with Gasteiger partial charge < -0.3 is 46.0 Å². The molecular formula is C15H11DyN6O9. The van der Waals surface area contributed by atoms with Gasteiger partial charge >= 0.3 is 38.2 Å². The minimum atomic E-state index is -1.75. The van der Waals surface area contributed by atoms with E-state index in [1.807, 2.05) is 48.8 Å². The number of pyridine rings is 3. The molecule has 3 heterocycles. The first kappa shape index (κ1) is 29.5. The van der Waals surface area contributed by atoms with Crippen molar-refractivity contribution in [3.05, 3.63) is 113 Å². The maximum Gasteiger partial charge on any atom is 3.00 e. The molecule has 0 aliphatic rings. The van der Waals surface area contributed by atoms with E-state index in [1.165, 1.54) is 0 Å². The van der Waals surface area contributed by atoms with Crippen molar-refractivity contribution in [2.75, 3.05) is 0 Å². The van der Waals surface area contributed by atoms with Crippen LogP contribution >= 0.6 is 0 Å². The van der Waals surface area contributed by atoms with Crippen LogP contribution in [0.15, 0.2) is 67.4 Å². The van der Waals surface area contributed by atoms with E-state index in [4.69, 9.17) is 46.0 Å². The van der Waals surface area contributed by atoms with Gasteiger partial charge in [-0.1, -0.05) is 12.1 Å². The molecule has 0 unspecified atom stereocenters. The van der Waals surface area contributed by atoms with E-state index in [2.05, 4.69) is 15.0 Å². The van der Waals surface area contributed by atoms with Gasteiger partial charge in [0.05, 0.1) is 21.0 Å². The molecule has 0 saturated carbocycles. The van der Waals surface area contributed by atoms with E-state index in [1.54, 1.807) is 18.6 Å². The van der Waals surface area contributed by atoms with Gasteiger partial charge in [0, 0.05) is 47.7 Å². The second-order valence-electron chi connectivity index (χ2n) is 4.55. The number of aromatic nitrogens is 3. The fourth-order valence-electron chi connectivity index (χ4n) is 1.89. The zero-order chi connectivity index (χ0) is 22.9. The molecule has 0 amide bonds. The van der Waals surface area contributed by atoms with E-state index in [0.717, 1.165) is 22.4 Å². The SMILES string of the molecule is O=[N+]([O-])[O-].O=[N+]([O-])[O-].O=[N+]([O-])[O-].[Dy+3].c1cncc(-c2cccnc2-c2cccnc2)c1. The molecule has 16 heteroatoms. The van der Waals surface area contributed by atoms with Crippen LogP contribution in [0.4, 0.5) is 0 Å². The summed E-state index contributed by atoms with van der Waals surface area (Å²) in [5.74, 6) is 0. The standard InChI is InChI=1S/C15H11N3.Dy.3NO3/c1-4-12(10-16-7-1)14-6-3-9-18-15(14)13-5-2-8-17-11-13;;3*2-1(3)4/h1-11H;;;;/q;+3;3*-1. The fourth-order valence-corrected chi connectivity index (χ4v) is 1.89. The summed E-state index contributed by atoms with van der Waals surface area (Å²) < 4.78 is 0. The van der Waals surface area contributed by atoms with Crippen LogP contribution in [0.1, 0.15) is 0 Å². The number of nitrogens with zero attached hydrogens (tertiary/aromatic N) is 6. The summed E-state index contributed by atoms with van der Waals surface area (Å²) in [4.78, 5) is 37.5. The summed E-state index contributed by atoms with van der Waals surface area (Å²) in [5.41, 5.74) is 4.07. The first-order valence-corrected chi connectivity index (χ1v) is 7.35. The van der Waals surface area contributed by atoms with Crippen molar-refractivity contribution in [2.24, 2.45) is 0 Å². The van der Waals surface area contributed by atoms with Gasteiger partial charge in [0.25, 0.3) is 0 Å². The predicted molar refractivity (Wildman–Crippen MR) is 102 cm³/mol. The Morgan fingerprint density at radius 3 is 1.39 bits per heavy atom. The first-order valence-electron chi connectivity index (χ1n) is 7.35. The molecule has 0 atom stereocenters. The molecule has 1 radical (unpaired) electrons. The summed E-state index contributed by atoms with van der Waals surface area (Å²) in [5, 5.41) is 44.2. The Hall–Kier alpha value is -3.68. The Balaban J connectivity index is 0. The Morgan fingerprint density at radius 2 is 1.00 bits per heavy atom. The van der Waals surface area contributed by atoms with Crippen molar-refractivity contribution in [2.45, 2.75) is 0 Å². The summed E-state index contributed by atoms with van der Waals surface area (Å²) >= 11 is 0. The molecule has 0 spiro atoms. The van der Waals surface area contributed by atoms with Crippen LogP contribution in [-0.4, -0.2) is 30.2 Å². The second-order valence-corrected chi connectivity index (χ2v) is 4.55. The molecule has 165 valence electrons. The zero-order valence-electron chi connectivity index (χ0n) is 15.0. The molecular weight excluding hydrogens is 571 g/mol. The molecule has 0 N–H and O–H groups in total. The van der Waals surface area contributed by atoms with Gasteiger partial charge in [-0.15, -0.1) is 0 Å². The van der Waals surface area contributed by atoms with Gasteiger partial charge in [-0.05, 0) is 24.3 Å². The average Bonchev–Trinajstić information content (AvgIpc) is 2.68. The Morgan fingerprint density at radius 1 is 0.613 bits per heavy atom. The van der Waals surface area contributed by atoms with Crippen LogP contribution in [-0.2, 0) is 0 Å². The number of hydrogen-bond donors (Lipinski definition) is 0. The molecule has 0 bridgehead atoms. The number of hydrogen-bond acceptors (Lipinski definition) is 12. The summed E-state index contributed by atoms with van der Waals surface area (Å²) in [6.45, 7) is 0. The van der Waals surface area contributed by atoms with Gasteiger partial charge in [0.1, 0.15) is 0 Å². The molecule has 0 aliphatic carbocycles. The molecule has 15 nitrogen and oxygen atoms in total. The molecule has 31 heavy (non-hydrogen) atoms. The summed E-state index contributed by atoms with van der Waals surface area (Å²) in [7, 11) is 0. The van der Waals surface area contributed by atoms with E-state index in [-0.39, 0.29) is 38.2 Å².